The van der Waals surface area contributed by atoms with Crippen molar-refractivity contribution in [3.63, 3.8) is 0 Å². The maximum Gasteiger partial charge on any atom is 0.0771 e. The summed E-state index contributed by atoms with van der Waals surface area (Å²) in [5.74, 6) is 0. The second-order valence-electron chi connectivity index (χ2n) is 4.98. The summed E-state index contributed by atoms with van der Waals surface area (Å²) in [5.41, 5.74) is -0.0684. The normalized spacial score (nSPS) is 29.1. The predicted molar refractivity (Wildman–Crippen MR) is 50.6 cm³/mol. The fourth-order valence-corrected chi connectivity index (χ4v) is 1.91. The van der Waals surface area contributed by atoms with E-state index in [-0.39, 0.29) is 5.60 Å². The van der Waals surface area contributed by atoms with Gasteiger partial charge in [-0.05, 0) is 19.3 Å². The Labute approximate surface area is 79.5 Å². The first-order valence-electron chi connectivity index (χ1n) is 5.13. The first kappa shape index (κ1) is 9.44. The molecule has 1 aliphatic heterocycles. The molecule has 2 aliphatic rings. The van der Waals surface area contributed by atoms with Crippen molar-refractivity contribution in [1.82, 2.24) is 5.32 Å². The Bertz CT molecular complexity index is 165. The van der Waals surface area contributed by atoms with Gasteiger partial charge in [0.2, 0.25) is 0 Å². The highest BCUT2D eigenvalue weighted by Gasteiger charge is 2.36. The number of rotatable bonds is 4. The molecule has 1 saturated heterocycles. The van der Waals surface area contributed by atoms with Gasteiger partial charge in [0.25, 0.3) is 0 Å². The summed E-state index contributed by atoms with van der Waals surface area (Å²) in [7, 11) is 0. The van der Waals surface area contributed by atoms with E-state index in [4.69, 9.17) is 4.74 Å². The van der Waals surface area contributed by atoms with Crippen LogP contribution in [0, 0.1) is 5.41 Å². The van der Waals surface area contributed by atoms with E-state index in [9.17, 15) is 5.11 Å². The topological polar surface area (TPSA) is 41.5 Å². The molecule has 0 aromatic carbocycles. The summed E-state index contributed by atoms with van der Waals surface area (Å²) in [5, 5.41) is 13.1. The molecule has 3 nitrogen and oxygen atoms in total. The molecule has 0 bridgehead atoms. The Morgan fingerprint density at radius 1 is 1.31 bits per heavy atom. The zero-order valence-electron chi connectivity index (χ0n) is 8.31. The van der Waals surface area contributed by atoms with Crippen molar-refractivity contribution in [2.24, 2.45) is 5.41 Å². The van der Waals surface area contributed by atoms with E-state index in [0.717, 1.165) is 39.1 Å². The van der Waals surface area contributed by atoms with E-state index < -0.39 is 0 Å². The number of hydrogen-bond donors (Lipinski definition) is 2. The highest BCUT2D eigenvalue weighted by molar-refractivity contribution is 4.91. The van der Waals surface area contributed by atoms with E-state index in [1.54, 1.807) is 0 Å². The van der Waals surface area contributed by atoms with Gasteiger partial charge >= 0.3 is 0 Å². The van der Waals surface area contributed by atoms with Crippen LogP contribution in [0.25, 0.3) is 0 Å². The third kappa shape index (κ3) is 2.03. The number of ether oxygens (including phenoxy) is 1. The van der Waals surface area contributed by atoms with Gasteiger partial charge in [-0.1, -0.05) is 6.92 Å². The van der Waals surface area contributed by atoms with Crippen molar-refractivity contribution in [2.75, 3.05) is 26.3 Å². The summed E-state index contributed by atoms with van der Waals surface area (Å²) in [6.07, 6.45) is 3.11. The van der Waals surface area contributed by atoms with Gasteiger partial charge in [-0.15, -0.1) is 0 Å². The van der Waals surface area contributed by atoms with E-state index in [0.29, 0.717) is 5.41 Å². The molecule has 2 N–H and O–H groups in total. The highest BCUT2D eigenvalue weighted by atomic mass is 16.5. The minimum absolute atomic E-state index is 0.320. The second-order valence-corrected chi connectivity index (χ2v) is 4.98. The van der Waals surface area contributed by atoms with Crippen molar-refractivity contribution in [3.05, 3.63) is 0 Å². The summed E-state index contributed by atoms with van der Waals surface area (Å²) < 4.78 is 5.16. The molecule has 0 spiro atoms. The third-order valence-corrected chi connectivity index (χ3v) is 3.19. The minimum Gasteiger partial charge on any atom is -0.389 e. The summed E-state index contributed by atoms with van der Waals surface area (Å²) >= 11 is 0. The fourth-order valence-electron chi connectivity index (χ4n) is 1.91. The smallest absolute Gasteiger partial charge is 0.0771 e. The predicted octanol–water partition coefficient (Wildman–Crippen LogP) is 0.527. The average Bonchev–Trinajstić information content (AvgIpc) is 1.98. The van der Waals surface area contributed by atoms with E-state index >= 15 is 0 Å². The van der Waals surface area contributed by atoms with Gasteiger partial charge in [0.1, 0.15) is 0 Å². The molecule has 2 rings (SSSR count). The van der Waals surface area contributed by atoms with E-state index in [2.05, 4.69) is 12.2 Å². The molecular weight excluding hydrogens is 166 g/mol. The number of nitrogens with one attached hydrogen (secondary N) is 1. The lowest BCUT2D eigenvalue weighted by atomic mass is 9.80. The van der Waals surface area contributed by atoms with Gasteiger partial charge in [0.05, 0.1) is 18.8 Å². The molecule has 0 amide bonds. The van der Waals surface area contributed by atoms with Crippen molar-refractivity contribution in [2.45, 2.75) is 31.8 Å². The van der Waals surface area contributed by atoms with Crippen molar-refractivity contribution in [3.8, 4) is 0 Å². The molecule has 1 heterocycles. The molecule has 0 unspecified atom stereocenters. The van der Waals surface area contributed by atoms with Crippen LogP contribution >= 0.6 is 0 Å². The van der Waals surface area contributed by atoms with Gasteiger partial charge in [-0.3, -0.25) is 0 Å². The number of aliphatic hydroxyl groups is 1. The van der Waals surface area contributed by atoms with Crippen LogP contribution in [0.1, 0.15) is 26.2 Å². The summed E-state index contributed by atoms with van der Waals surface area (Å²) in [6, 6.07) is 0. The monoisotopic (exact) mass is 185 g/mol. The lowest BCUT2D eigenvalue weighted by molar-refractivity contribution is -0.103. The van der Waals surface area contributed by atoms with Gasteiger partial charge < -0.3 is 15.2 Å². The van der Waals surface area contributed by atoms with E-state index in [1.165, 1.54) is 6.42 Å². The minimum atomic E-state index is -0.388. The van der Waals surface area contributed by atoms with Crippen LogP contribution in [0.4, 0.5) is 0 Å². The summed E-state index contributed by atoms with van der Waals surface area (Å²) in [4.78, 5) is 0. The lowest BCUT2D eigenvalue weighted by Crippen LogP contribution is -2.52. The lowest BCUT2D eigenvalue weighted by Gasteiger charge is -2.41. The van der Waals surface area contributed by atoms with Crippen LogP contribution in [0.3, 0.4) is 0 Å². The third-order valence-electron chi connectivity index (χ3n) is 3.19. The van der Waals surface area contributed by atoms with Crippen LogP contribution in [-0.2, 0) is 4.74 Å². The first-order valence-corrected chi connectivity index (χ1v) is 5.13. The zero-order valence-corrected chi connectivity index (χ0v) is 8.31. The SMILES string of the molecule is CC1(CNCC2(O)CCC2)COC1. The number of hydrogen-bond acceptors (Lipinski definition) is 3. The first-order chi connectivity index (χ1) is 6.12. The molecule has 0 atom stereocenters. The molecule has 76 valence electrons. The van der Waals surface area contributed by atoms with Crippen LogP contribution in [0.5, 0.6) is 0 Å². The summed E-state index contributed by atoms with van der Waals surface area (Å²) in [6.45, 7) is 5.66. The quantitative estimate of drug-likeness (QED) is 0.671. The van der Waals surface area contributed by atoms with E-state index in [1.807, 2.05) is 0 Å². The van der Waals surface area contributed by atoms with Crippen LogP contribution < -0.4 is 5.32 Å². The second kappa shape index (κ2) is 3.23. The molecule has 1 saturated carbocycles. The fraction of sp³-hybridized carbons (Fsp3) is 1.00. The molecule has 1 aliphatic carbocycles. The Morgan fingerprint density at radius 3 is 2.38 bits per heavy atom. The molecule has 3 heteroatoms. The largest absolute Gasteiger partial charge is 0.389 e. The zero-order chi connectivity index (χ0) is 9.36. The maximum absolute atomic E-state index is 9.80. The van der Waals surface area contributed by atoms with Crippen LogP contribution in [0.15, 0.2) is 0 Å². The molecule has 0 aromatic rings. The average molecular weight is 185 g/mol. The molecule has 0 radical (unpaired) electrons. The van der Waals surface area contributed by atoms with Crippen molar-refractivity contribution in [1.29, 1.82) is 0 Å². The van der Waals surface area contributed by atoms with Crippen LogP contribution in [0.2, 0.25) is 0 Å². The Morgan fingerprint density at radius 2 is 2.00 bits per heavy atom. The highest BCUT2D eigenvalue weighted by Crippen LogP contribution is 2.31. The standard InChI is InChI=1S/C10H19NO2/c1-9(7-13-8-9)5-11-6-10(12)3-2-4-10/h11-12H,2-8H2,1H3. The maximum atomic E-state index is 9.80. The van der Waals surface area contributed by atoms with Crippen LogP contribution in [-0.4, -0.2) is 37.0 Å². The molecule has 0 aromatic heterocycles. The van der Waals surface area contributed by atoms with Crippen molar-refractivity contribution < 1.29 is 9.84 Å². The Balaban J connectivity index is 1.63. The van der Waals surface area contributed by atoms with Gasteiger partial charge in [0, 0.05) is 18.5 Å². The van der Waals surface area contributed by atoms with Crippen molar-refractivity contribution >= 4 is 0 Å². The Kier molecular flexibility index (Phi) is 2.34. The van der Waals surface area contributed by atoms with Gasteiger partial charge in [-0.25, -0.2) is 0 Å². The van der Waals surface area contributed by atoms with Gasteiger partial charge in [-0.2, -0.15) is 0 Å². The molecular formula is C10H19NO2. The Hall–Kier alpha value is -0.120. The molecule has 13 heavy (non-hydrogen) atoms. The molecule has 2 fully saturated rings. The van der Waals surface area contributed by atoms with Gasteiger partial charge in [0.15, 0.2) is 0 Å².